The van der Waals surface area contributed by atoms with Crippen LogP contribution in [0, 0.1) is 23.5 Å². The molecule has 2 rings (SSSR count). The lowest BCUT2D eigenvalue weighted by molar-refractivity contribution is 0.286. The minimum absolute atomic E-state index is 0.00427. The highest BCUT2D eigenvalue weighted by atomic mass is 19.2. The number of rotatable bonds is 8. The Bertz CT molecular complexity index is 786. The van der Waals surface area contributed by atoms with E-state index in [1.54, 1.807) is 30.3 Å². The highest BCUT2D eigenvalue weighted by Gasteiger charge is 2.13. The van der Waals surface area contributed by atoms with Crippen LogP contribution in [-0.4, -0.2) is 13.2 Å². The highest BCUT2D eigenvalue weighted by Crippen LogP contribution is 2.23. The van der Waals surface area contributed by atoms with E-state index < -0.39 is 11.6 Å². The molecule has 0 heterocycles. The summed E-state index contributed by atoms with van der Waals surface area (Å²) in [6, 6.07) is 9.88. The third kappa shape index (κ3) is 5.63. The Balaban J connectivity index is 2.07. The minimum atomic E-state index is -0.999. The SMILES string of the molecule is C=CCOc1ccc(C#Cc2ccc(OCCCCC)c(F)c2F)cc1. The van der Waals surface area contributed by atoms with Crippen molar-refractivity contribution in [2.75, 3.05) is 13.2 Å². The standard InChI is InChI=1S/C22H22F2O2/c1-3-5-6-16-26-20-14-11-18(21(23)22(20)24)10-7-17-8-12-19(13-9-17)25-15-4-2/h4,8-9,11-14H,2-3,5-6,15-16H2,1H3. The fourth-order valence-electron chi connectivity index (χ4n) is 2.20. The lowest BCUT2D eigenvalue weighted by Gasteiger charge is -2.08. The summed E-state index contributed by atoms with van der Waals surface area (Å²) >= 11 is 0. The molecule has 136 valence electrons. The first kappa shape index (κ1) is 19.5. The van der Waals surface area contributed by atoms with E-state index in [0.717, 1.165) is 19.3 Å². The van der Waals surface area contributed by atoms with E-state index in [-0.39, 0.29) is 11.3 Å². The van der Waals surface area contributed by atoms with Crippen molar-refractivity contribution in [3.63, 3.8) is 0 Å². The second kappa shape index (κ2) is 10.2. The zero-order chi connectivity index (χ0) is 18.8. The second-order valence-electron chi connectivity index (χ2n) is 5.67. The van der Waals surface area contributed by atoms with Gasteiger partial charge in [0.05, 0.1) is 12.2 Å². The molecule has 0 aliphatic carbocycles. The summed E-state index contributed by atoms with van der Waals surface area (Å²) in [6.45, 7) is 6.43. The molecule has 0 radical (unpaired) electrons. The van der Waals surface area contributed by atoms with Gasteiger partial charge >= 0.3 is 0 Å². The first-order valence-corrected chi connectivity index (χ1v) is 8.62. The van der Waals surface area contributed by atoms with Crippen molar-refractivity contribution < 1.29 is 18.3 Å². The van der Waals surface area contributed by atoms with Crippen LogP contribution in [0.5, 0.6) is 11.5 Å². The van der Waals surface area contributed by atoms with Crippen LogP contribution in [0.3, 0.4) is 0 Å². The van der Waals surface area contributed by atoms with Gasteiger partial charge in [0.15, 0.2) is 11.6 Å². The fraction of sp³-hybridized carbons (Fsp3) is 0.273. The third-order valence-electron chi connectivity index (χ3n) is 3.62. The van der Waals surface area contributed by atoms with E-state index in [4.69, 9.17) is 9.47 Å². The van der Waals surface area contributed by atoms with E-state index in [1.807, 2.05) is 0 Å². The maximum absolute atomic E-state index is 14.2. The van der Waals surface area contributed by atoms with Crippen LogP contribution in [0.15, 0.2) is 49.1 Å². The molecular weight excluding hydrogens is 334 g/mol. The van der Waals surface area contributed by atoms with Gasteiger partial charge in [-0.1, -0.05) is 44.3 Å². The van der Waals surface area contributed by atoms with Crippen LogP contribution >= 0.6 is 0 Å². The maximum Gasteiger partial charge on any atom is 0.201 e. The van der Waals surface area contributed by atoms with Gasteiger partial charge in [0, 0.05) is 5.56 Å². The van der Waals surface area contributed by atoms with Crippen molar-refractivity contribution in [3.05, 3.63) is 71.8 Å². The molecule has 0 fully saturated rings. The smallest absolute Gasteiger partial charge is 0.201 e. The molecule has 0 amide bonds. The topological polar surface area (TPSA) is 18.5 Å². The third-order valence-corrected chi connectivity index (χ3v) is 3.62. The van der Waals surface area contributed by atoms with Gasteiger partial charge in [-0.25, -0.2) is 4.39 Å². The minimum Gasteiger partial charge on any atom is -0.490 e. The van der Waals surface area contributed by atoms with Gasteiger partial charge in [-0.15, -0.1) is 0 Å². The predicted octanol–water partition coefficient (Wildman–Crippen LogP) is 5.50. The summed E-state index contributed by atoms with van der Waals surface area (Å²) in [5.74, 6) is 4.11. The first-order valence-electron chi connectivity index (χ1n) is 8.62. The number of hydrogen-bond acceptors (Lipinski definition) is 2. The molecule has 4 heteroatoms. The Labute approximate surface area is 153 Å². The molecule has 2 nitrogen and oxygen atoms in total. The lowest BCUT2D eigenvalue weighted by atomic mass is 10.1. The van der Waals surface area contributed by atoms with Crippen molar-refractivity contribution in [2.45, 2.75) is 26.2 Å². The van der Waals surface area contributed by atoms with Crippen LogP contribution in [0.2, 0.25) is 0 Å². The average Bonchev–Trinajstić information content (AvgIpc) is 2.67. The molecule has 2 aromatic rings. The van der Waals surface area contributed by atoms with Gasteiger partial charge in [-0.3, -0.25) is 0 Å². The maximum atomic E-state index is 14.2. The average molecular weight is 356 g/mol. The molecule has 0 aliphatic heterocycles. The van der Waals surface area contributed by atoms with Crippen molar-refractivity contribution in [1.29, 1.82) is 0 Å². The molecule has 0 aliphatic rings. The number of benzene rings is 2. The summed E-state index contributed by atoms with van der Waals surface area (Å²) in [5.41, 5.74) is 0.672. The molecule has 2 aromatic carbocycles. The van der Waals surface area contributed by atoms with Crippen LogP contribution in [0.1, 0.15) is 37.3 Å². The zero-order valence-corrected chi connectivity index (χ0v) is 14.9. The fourth-order valence-corrected chi connectivity index (χ4v) is 2.20. The van der Waals surface area contributed by atoms with Gasteiger partial charge in [0.1, 0.15) is 12.4 Å². The summed E-state index contributed by atoms with van der Waals surface area (Å²) in [4.78, 5) is 0. The van der Waals surface area contributed by atoms with Crippen molar-refractivity contribution in [1.82, 2.24) is 0 Å². The van der Waals surface area contributed by atoms with E-state index in [2.05, 4.69) is 25.3 Å². The molecule has 0 N–H and O–H groups in total. The molecule has 0 atom stereocenters. The molecule has 0 spiro atoms. The first-order chi connectivity index (χ1) is 12.7. The molecule has 26 heavy (non-hydrogen) atoms. The van der Waals surface area contributed by atoms with E-state index in [0.29, 0.717) is 24.5 Å². The summed E-state index contributed by atoms with van der Waals surface area (Å²) in [6.07, 6.45) is 4.50. The highest BCUT2D eigenvalue weighted by molar-refractivity contribution is 5.46. The Hall–Kier alpha value is -2.80. The molecule has 0 saturated heterocycles. The van der Waals surface area contributed by atoms with Gasteiger partial charge in [-0.2, -0.15) is 4.39 Å². The van der Waals surface area contributed by atoms with Gasteiger partial charge in [-0.05, 0) is 42.8 Å². The molecule has 0 bridgehead atoms. The Morgan fingerprint density at radius 1 is 0.962 bits per heavy atom. The predicted molar refractivity (Wildman–Crippen MR) is 99.5 cm³/mol. The van der Waals surface area contributed by atoms with Crippen LogP contribution in [-0.2, 0) is 0 Å². The molecule has 0 aromatic heterocycles. The summed E-state index contributed by atoms with van der Waals surface area (Å²) < 4.78 is 38.9. The van der Waals surface area contributed by atoms with Crippen molar-refractivity contribution in [3.8, 4) is 23.3 Å². The van der Waals surface area contributed by atoms with Gasteiger partial charge in [0.25, 0.3) is 0 Å². The largest absolute Gasteiger partial charge is 0.490 e. The Morgan fingerprint density at radius 2 is 1.73 bits per heavy atom. The monoisotopic (exact) mass is 356 g/mol. The number of halogens is 2. The number of ether oxygens (including phenoxy) is 2. The van der Waals surface area contributed by atoms with E-state index in [9.17, 15) is 8.78 Å². The molecule has 0 unspecified atom stereocenters. The summed E-state index contributed by atoms with van der Waals surface area (Å²) in [7, 11) is 0. The van der Waals surface area contributed by atoms with Crippen LogP contribution in [0.25, 0.3) is 0 Å². The van der Waals surface area contributed by atoms with Gasteiger partial charge < -0.3 is 9.47 Å². The van der Waals surface area contributed by atoms with Crippen molar-refractivity contribution in [2.24, 2.45) is 0 Å². The Morgan fingerprint density at radius 3 is 2.42 bits per heavy atom. The molecular formula is C22H22F2O2. The quantitative estimate of drug-likeness (QED) is 0.353. The van der Waals surface area contributed by atoms with E-state index in [1.165, 1.54) is 12.1 Å². The Kier molecular flexibility index (Phi) is 7.70. The van der Waals surface area contributed by atoms with E-state index >= 15 is 0 Å². The lowest BCUT2D eigenvalue weighted by Crippen LogP contribution is -2.01. The van der Waals surface area contributed by atoms with Gasteiger partial charge in [0.2, 0.25) is 5.82 Å². The zero-order valence-electron chi connectivity index (χ0n) is 14.9. The number of hydrogen-bond donors (Lipinski definition) is 0. The normalized spacial score (nSPS) is 9.96. The summed E-state index contributed by atoms with van der Waals surface area (Å²) in [5, 5.41) is 0. The van der Waals surface area contributed by atoms with Crippen LogP contribution < -0.4 is 9.47 Å². The van der Waals surface area contributed by atoms with Crippen LogP contribution in [0.4, 0.5) is 8.78 Å². The number of unbranched alkanes of at least 4 members (excludes halogenated alkanes) is 2. The van der Waals surface area contributed by atoms with Crippen molar-refractivity contribution >= 4 is 0 Å². The second-order valence-corrected chi connectivity index (χ2v) is 5.67. The molecule has 0 saturated carbocycles.